The van der Waals surface area contributed by atoms with E-state index in [4.69, 9.17) is 21.1 Å². The molecule has 0 N–H and O–H groups in total. The number of aromatic nitrogens is 2. The zero-order valence-electron chi connectivity index (χ0n) is 15.7. The van der Waals surface area contributed by atoms with Crippen molar-refractivity contribution in [3.63, 3.8) is 0 Å². The topological polar surface area (TPSA) is 60.1 Å². The molecule has 0 saturated heterocycles. The van der Waals surface area contributed by atoms with Gasteiger partial charge in [-0.3, -0.25) is 0 Å². The Morgan fingerprint density at radius 3 is 2.73 bits per heavy atom. The number of hydrogen-bond acceptors (Lipinski definition) is 4. The Morgan fingerprint density at radius 2 is 2.12 bits per heavy atom. The minimum Gasteiger partial charge on any atom is -0.492 e. The second-order valence-corrected chi connectivity index (χ2v) is 14.0. The number of alkyl halides is 1. The Morgan fingerprint density at radius 1 is 1.35 bits per heavy atom. The molecule has 0 unspecified atom stereocenters. The minimum atomic E-state index is -1.12. The second-order valence-electron chi connectivity index (χ2n) is 8.14. The molecule has 0 bridgehead atoms. The van der Waals surface area contributed by atoms with Gasteiger partial charge in [0, 0.05) is 20.7 Å². The van der Waals surface area contributed by atoms with Gasteiger partial charge in [-0.15, -0.1) is 11.6 Å². The van der Waals surface area contributed by atoms with E-state index in [1.165, 1.54) is 12.8 Å². The third-order valence-corrected chi connectivity index (χ3v) is 6.50. The number of nitrogens with zero attached hydrogens (tertiary/aromatic N) is 3. The lowest BCUT2D eigenvalue weighted by Crippen LogP contribution is -2.22. The van der Waals surface area contributed by atoms with Crippen LogP contribution in [-0.2, 0) is 17.3 Å². The van der Waals surface area contributed by atoms with Crippen LogP contribution in [0, 0.1) is 17.2 Å². The molecule has 1 aliphatic rings. The van der Waals surface area contributed by atoms with E-state index in [9.17, 15) is 5.26 Å². The molecule has 1 aromatic carbocycles. The van der Waals surface area contributed by atoms with Crippen molar-refractivity contribution in [2.75, 3.05) is 13.2 Å². The van der Waals surface area contributed by atoms with E-state index in [2.05, 4.69) is 30.7 Å². The van der Waals surface area contributed by atoms with Crippen LogP contribution < -0.4 is 4.74 Å². The molecule has 3 rings (SSSR count). The van der Waals surface area contributed by atoms with Crippen molar-refractivity contribution in [1.29, 1.82) is 5.26 Å². The van der Waals surface area contributed by atoms with Gasteiger partial charge in [-0.25, -0.2) is 4.98 Å². The number of hydrogen-bond donors (Lipinski definition) is 0. The van der Waals surface area contributed by atoms with Crippen LogP contribution in [0.25, 0.3) is 11.0 Å². The lowest BCUT2D eigenvalue weighted by atomic mass is 10.2. The first-order chi connectivity index (χ1) is 12.4. The monoisotopic (exact) mass is 391 g/mol. The largest absolute Gasteiger partial charge is 0.492 e. The highest BCUT2D eigenvalue weighted by atomic mass is 35.5. The Balaban J connectivity index is 1.83. The Bertz CT molecular complexity index is 819. The molecule has 7 heteroatoms. The standard InChI is InChI=1S/C19H26ClN3O2Si/c1-26(2,3)7-6-24-13-23-17-9-18(25-12-14-4-5-14)15(11-21)8-16(17)22-19(23)10-20/h8-9,14H,4-7,10,12-13H2,1-3H3. The van der Waals surface area contributed by atoms with E-state index < -0.39 is 8.07 Å². The molecule has 1 heterocycles. The zero-order valence-corrected chi connectivity index (χ0v) is 17.5. The van der Waals surface area contributed by atoms with Crippen LogP contribution in [-0.4, -0.2) is 30.8 Å². The summed E-state index contributed by atoms with van der Waals surface area (Å²) in [5.74, 6) is 2.30. The van der Waals surface area contributed by atoms with Gasteiger partial charge in [-0.1, -0.05) is 19.6 Å². The summed E-state index contributed by atoms with van der Waals surface area (Å²) in [6.07, 6.45) is 2.42. The summed E-state index contributed by atoms with van der Waals surface area (Å²) in [5, 5.41) is 9.43. The van der Waals surface area contributed by atoms with E-state index in [1.807, 2.05) is 10.6 Å². The molecule has 0 spiro atoms. The quantitative estimate of drug-likeness (QED) is 0.351. The Hall–Kier alpha value is -1.55. The SMILES string of the molecule is C[Si](C)(C)CCOCn1c(CCl)nc2cc(C#N)c(OCC3CC3)cc21. The summed E-state index contributed by atoms with van der Waals surface area (Å²) >= 11 is 6.09. The van der Waals surface area contributed by atoms with Gasteiger partial charge < -0.3 is 14.0 Å². The molecule has 0 atom stereocenters. The fourth-order valence-corrected chi connectivity index (χ4v) is 3.64. The number of rotatable bonds is 9. The number of benzene rings is 1. The number of fused-ring (bicyclic) bond motifs is 1. The number of ether oxygens (including phenoxy) is 2. The molecular formula is C19H26ClN3O2Si. The van der Waals surface area contributed by atoms with Crippen molar-refractivity contribution in [3.8, 4) is 11.8 Å². The first kappa shape index (κ1) is 19.2. The van der Waals surface area contributed by atoms with Crippen LogP contribution in [0.1, 0.15) is 24.2 Å². The third kappa shape index (κ3) is 4.79. The summed E-state index contributed by atoms with van der Waals surface area (Å²) in [4.78, 5) is 4.57. The fourth-order valence-electron chi connectivity index (χ4n) is 2.68. The Kier molecular flexibility index (Phi) is 5.91. The van der Waals surface area contributed by atoms with Gasteiger partial charge in [0.2, 0.25) is 0 Å². The van der Waals surface area contributed by atoms with Gasteiger partial charge in [0.15, 0.2) is 0 Å². The van der Waals surface area contributed by atoms with Crippen LogP contribution >= 0.6 is 11.6 Å². The van der Waals surface area contributed by atoms with Crippen LogP contribution in [0.2, 0.25) is 25.7 Å². The minimum absolute atomic E-state index is 0.298. The maximum atomic E-state index is 9.43. The maximum absolute atomic E-state index is 9.43. The number of nitriles is 1. The van der Waals surface area contributed by atoms with E-state index in [0.29, 0.717) is 36.4 Å². The molecule has 1 aromatic heterocycles. The van der Waals surface area contributed by atoms with Crippen LogP contribution in [0.3, 0.4) is 0 Å². The van der Waals surface area contributed by atoms with Crippen molar-refractivity contribution < 1.29 is 9.47 Å². The van der Waals surface area contributed by atoms with Gasteiger partial charge in [-0.2, -0.15) is 5.26 Å². The van der Waals surface area contributed by atoms with Crippen molar-refractivity contribution in [3.05, 3.63) is 23.5 Å². The van der Waals surface area contributed by atoms with Crippen LogP contribution in [0.15, 0.2) is 12.1 Å². The maximum Gasteiger partial charge on any atom is 0.139 e. The first-order valence-corrected chi connectivity index (χ1v) is 13.3. The van der Waals surface area contributed by atoms with Crippen molar-refractivity contribution in [1.82, 2.24) is 9.55 Å². The molecule has 26 heavy (non-hydrogen) atoms. The molecule has 0 aliphatic heterocycles. The van der Waals surface area contributed by atoms with Gasteiger partial charge in [0.1, 0.15) is 24.4 Å². The lowest BCUT2D eigenvalue weighted by Gasteiger charge is -2.16. The third-order valence-electron chi connectivity index (χ3n) is 4.56. The second kappa shape index (κ2) is 7.99. The highest BCUT2D eigenvalue weighted by Gasteiger charge is 2.23. The Labute approximate surface area is 160 Å². The van der Waals surface area contributed by atoms with Crippen molar-refractivity contribution in [2.24, 2.45) is 5.92 Å². The average molecular weight is 392 g/mol. The van der Waals surface area contributed by atoms with E-state index in [0.717, 1.165) is 29.5 Å². The summed E-state index contributed by atoms with van der Waals surface area (Å²) < 4.78 is 13.8. The summed E-state index contributed by atoms with van der Waals surface area (Å²) in [6, 6.07) is 7.02. The normalized spacial score (nSPS) is 14.6. The molecule has 1 saturated carbocycles. The molecule has 1 fully saturated rings. The highest BCUT2D eigenvalue weighted by Crippen LogP contribution is 2.32. The van der Waals surface area contributed by atoms with Crippen molar-refractivity contribution in [2.45, 2.75) is 51.1 Å². The van der Waals surface area contributed by atoms with Gasteiger partial charge in [0.05, 0.1) is 29.1 Å². The van der Waals surface area contributed by atoms with E-state index in [-0.39, 0.29) is 0 Å². The fraction of sp³-hybridized carbons (Fsp3) is 0.579. The van der Waals surface area contributed by atoms with Gasteiger partial charge in [-0.05, 0) is 30.9 Å². The van der Waals surface area contributed by atoms with Crippen molar-refractivity contribution >= 4 is 30.7 Å². The molecule has 140 valence electrons. The number of halogens is 1. The van der Waals surface area contributed by atoms with Gasteiger partial charge >= 0.3 is 0 Å². The summed E-state index contributed by atoms with van der Waals surface area (Å²) in [6.45, 7) is 8.82. The molecule has 5 nitrogen and oxygen atoms in total. The molecule has 0 radical (unpaired) electrons. The summed E-state index contributed by atoms with van der Waals surface area (Å²) in [5.41, 5.74) is 2.17. The predicted molar refractivity (Wildman–Crippen MR) is 106 cm³/mol. The lowest BCUT2D eigenvalue weighted by molar-refractivity contribution is 0.0883. The number of imidazole rings is 1. The van der Waals surface area contributed by atoms with Crippen LogP contribution in [0.4, 0.5) is 0 Å². The van der Waals surface area contributed by atoms with E-state index in [1.54, 1.807) is 6.07 Å². The van der Waals surface area contributed by atoms with Crippen LogP contribution in [0.5, 0.6) is 5.75 Å². The molecule has 2 aromatic rings. The first-order valence-electron chi connectivity index (χ1n) is 9.11. The molecule has 0 amide bonds. The zero-order chi connectivity index (χ0) is 18.7. The molecule has 1 aliphatic carbocycles. The predicted octanol–water partition coefficient (Wildman–Crippen LogP) is 4.75. The highest BCUT2D eigenvalue weighted by molar-refractivity contribution is 6.76. The molecular weight excluding hydrogens is 366 g/mol. The van der Waals surface area contributed by atoms with E-state index >= 15 is 0 Å². The van der Waals surface area contributed by atoms with Gasteiger partial charge in [0.25, 0.3) is 0 Å². The summed E-state index contributed by atoms with van der Waals surface area (Å²) in [7, 11) is -1.12. The smallest absolute Gasteiger partial charge is 0.139 e. The average Bonchev–Trinajstić information content (AvgIpc) is 3.36.